The van der Waals surface area contributed by atoms with Crippen LogP contribution < -0.4 is 5.32 Å². The maximum Gasteiger partial charge on any atom is 0.240 e. The van der Waals surface area contributed by atoms with E-state index in [-0.39, 0.29) is 24.4 Å². The van der Waals surface area contributed by atoms with Crippen molar-refractivity contribution in [3.63, 3.8) is 0 Å². The van der Waals surface area contributed by atoms with Crippen LogP contribution in [0.15, 0.2) is 12.4 Å². The van der Waals surface area contributed by atoms with Gasteiger partial charge in [-0.05, 0) is 6.92 Å². The quantitative estimate of drug-likeness (QED) is 0.759. The Balaban J connectivity index is 2.43. The van der Waals surface area contributed by atoms with Gasteiger partial charge in [0.2, 0.25) is 11.8 Å². The zero-order chi connectivity index (χ0) is 12.1. The van der Waals surface area contributed by atoms with Gasteiger partial charge in [0, 0.05) is 26.4 Å². The summed E-state index contributed by atoms with van der Waals surface area (Å²) in [7, 11) is 1.58. The Labute approximate surface area is 94.0 Å². The molecule has 6 nitrogen and oxygen atoms in total. The van der Waals surface area contributed by atoms with Crippen LogP contribution in [-0.4, -0.2) is 40.3 Å². The monoisotopic (exact) mass is 224 g/mol. The molecule has 2 N–H and O–H groups in total. The predicted octanol–water partition coefficient (Wildman–Crippen LogP) is 0.0652. The molecule has 2 amide bonds. The molecule has 0 aromatic carbocycles. The standard InChI is InChI=1S/C10H16N4O2/c1-7(10-11-4-5-12-10)13-9(16)6-14(3)8(2)15/h4-5,7H,6H2,1-3H3,(H,11,12)(H,13,16). The molecule has 88 valence electrons. The van der Waals surface area contributed by atoms with Gasteiger partial charge in [-0.15, -0.1) is 0 Å². The second-order valence-corrected chi connectivity index (χ2v) is 3.64. The first-order chi connectivity index (χ1) is 7.50. The van der Waals surface area contributed by atoms with Crippen molar-refractivity contribution in [3.8, 4) is 0 Å². The maximum absolute atomic E-state index is 11.5. The molecule has 0 radical (unpaired) electrons. The topological polar surface area (TPSA) is 78.1 Å². The first kappa shape index (κ1) is 12.2. The van der Waals surface area contributed by atoms with Gasteiger partial charge >= 0.3 is 0 Å². The predicted molar refractivity (Wildman–Crippen MR) is 58.5 cm³/mol. The van der Waals surface area contributed by atoms with Crippen LogP contribution in [-0.2, 0) is 9.59 Å². The highest BCUT2D eigenvalue weighted by molar-refractivity contribution is 5.83. The minimum absolute atomic E-state index is 0.0559. The molecule has 0 saturated heterocycles. The number of hydrogen-bond acceptors (Lipinski definition) is 3. The van der Waals surface area contributed by atoms with Gasteiger partial charge in [-0.1, -0.05) is 0 Å². The lowest BCUT2D eigenvalue weighted by atomic mass is 10.3. The van der Waals surface area contributed by atoms with E-state index in [9.17, 15) is 9.59 Å². The number of nitrogens with one attached hydrogen (secondary N) is 2. The molecule has 1 aromatic rings. The number of imidazole rings is 1. The molecule has 0 aliphatic carbocycles. The fourth-order valence-corrected chi connectivity index (χ4v) is 1.20. The van der Waals surface area contributed by atoms with Crippen LogP contribution in [0.5, 0.6) is 0 Å². The summed E-state index contributed by atoms with van der Waals surface area (Å²) < 4.78 is 0. The van der Waals surface area contributed by atoms with Crippen molar-refractivity contribution in [2.24, 2.45) is 0 Å². The highest BCUT2D eigenvalue weighted by Gasteiger charge is 2.13. The van der Waals surface area contributed by atoms with Crippen molar-refractivity contribution in [2.45, 2.75) is 19.9 Å². The van der Waals surface area contributed by atoms with E-state index in [0.717, 1.165) is 0 Å². The molecular formula is C10H16N4O2. The smallest absolute Gasteiger partial charge is 0.240 e. The largest absolute Gasteiger partial charge is 0.347 e. The Morgan fingerprint density at radius 1 is 1.62 bits per heavy atom. The number of aromatic nitrogens is 2. The van der Waals surface area contributed by atoms with Crippen molar-refractivity contribution in [3.05, 3.63) is 18.2 Å². The maximum atomic E-state index is 11.5. The summed E-state index contributed by atoms with van der Waals surface area (Å²) in [5, 5.41) is 2.74. The van der Waals surface area contributed by atoms with Gasteiger partial charge in [0.25, 0.3) is 0 Å². The molecule has 1 rings (SSSR count). The number of carbonyl (C=O) groups is 2. The summed E-state index contributed by atoms with van der Waals surface area (Å²) in [4.78, 5) is 30.7. The van der Waals surface area contributed by atoms with Gasteiger partial charge in [0.05, 0.1) is 12.6 Å². The van der Waals surface area contributed by atoms with E-state index in [1.54, 1.807) is 19.4 Å². The van der Waals surface area contributed by atoms with Gasteiger partial charge in [-0.3, -0.25) is 9.59 Å². The lowest BCUT2D eigenvalue weighted by Gasteiger charge is -2.16. The van der Waals surface area contributed by atoms with Crippen molar-refractivity contribution < 1.29 is 9.59 Å². The lowest BCUT2D eigenvalue weighted by molar-refractivity contribution is -0.133. The van der Waals surface area contributed by atoms with Crippen LogP contribution in [0.3, 0.4) is 0 Å². The molecule has 16 heavy (non-hydrogen) atoms. The van der Waals surface area contributed by atoms with Crippen LogP contribution in [0.25, 0.3) is 0 Å². The first-order valence-electron chi connectivity index (χ1n) is 5.01. The number of amides is 2. The molecule has 6 heteroatoms. The average molecular weight is 224 g/mol. The van der Waals surface area contributed by atoms with E-state index < -0.39 is 0 Å². The minimum Gasteiger partial charge on any atom is -0.347 e. The second kappa shape index (κ2) is 5.29. The van der Waals surface area contributed by atoms with Crippen molar-refractivity contribution in [1.82, 2.24) is 20.2 Å². The molecule has 0 aliphatic rings. The van der Waals surface area contributed by atoms with E-state index in [1.807, 2.05) is 6.92 Å². The zero-order valence-electron chi connectivity index (χ0n) is 9.65. The fraction of sp³-hybridized carbons (Fsp3) is 0.500. The number of nitrogens with zero attached hydrogens (tertiary/aromatic N) is 2. The van der Waals surface area contributed by atoms with Crippen molar-refractivity contribution in [1.29, 1.82) is 0 Å². The van der Waals surface area contributed by atoms with E-state index in [0.29, 0.717) is 5.82 Å². The van der Waals surface area contributed by atoms with E-state index in [2.05, 4.69) is 15.3 Å². The van der Waals surface area contributed by atoms with Crippen LogP contribution in [0, 0.1) is 0 Å². The summed E-state index contributed by atoms with van der Waals surface area (Å²) in [6.07, 6.45) is 3.32. The van der Waals surface area contributed by atoms with Crippen LogP contribution in [0.2, 0.25) is 0 Å². The highest BCUT2D eigenvalue weighted by atomic mass is 16.2. The zero-order valence-corrected chi connectivity index (χ0v) is 9.65. The van der Waals surface area contributed by atoms with Crippen molar-refractivity contribution in [2.75, 3.05) is 13.6 Å². The molecule has 1 atom stereocenters. The van der Waals surface area contributed by atoms with Crippen LogP contribution in [0.4, 0.5) is 0 Å². The summed E-state index contributed by atoms with van der Waals surface area (Å²) in [5.41, 5.74) is 0. The summed E-state index contributed by atoms with van der Waals surface area (Å²) in [6, 6.07) is -0.192. The number of aromatic amines is 1. The molecule has 0 aliphatic heterocycles. The van der Waals surface area contributed by atoms with E-state index in [1.165, 1.54) is 11.8 Å². The Bertz CT molecular complexity index is 361. The number of H-pyrrole nitrogens is 1. The molecule has 1 unspecified atom stereocenters. The molecule has 0 fully saturated rings. The van der Waals surface area contributed by atoms with E-state index in [4.69, 9.17) is 0 Å². The summed E-state index contributed by atoms with van der Waals surface area (Å²) in [5.74, 6) is 0.348. The second-order valence-electron chi connectivity index (χ2n) is 3.64. The van der Waals surface area contributed by atoms with Gasteiger partial charge in [-0.2, -0.15) is 0 Å². The number of likely N-dealkylation sites (N-methyl/N-ethyl adjacent to an activating group) is 1. The highest BCUT2D eigenvalue weighted by Crippen LogP contribution is 2.04. The van der Waals surface area contributed by atoms with Crippen molar-refractivity contribution >= 4 is 11.8 Å². The number of carbonyl (C=O) groups excluding carboxylic acids is 2. The summed E-state index contributed by atoms with van der Waals surface area (Å²) >= 11 is 0. The molecule has 0 spiro atoms. The van der Waals surface area contributed by atoms with Gasteiger partial charge in [-0.25, -0.2) is 4.98 Å². The molecule has 0 bridgehead atoms. The first-order valence-corrected chi connectivity index (χ1v) is 5.01. The molecule has 0 saturated carbocycles. The Kier molecular flexibility index (Phi) is 4.04. The normalized spacial score (nSPS) is 11.9. The lowest BCUT2D eigenvalue weighted by Crippen LogP contribution is -2.38. The SMILES string of the molecule is CC(=O)N(C)CC(=O)NC(C)c1ncc[nH]1. The Morgan fingerprint density at radius 3 is 2.81 bits per heavy atom. The van der Waals surface area contributed by atoms with Gasteiger partial charge < -0.3 is 15.2 Å². The van der Waals surface area contributed by atoms with Gasteiger partial charge in [0.15, 0.2) is 0 Å². The molecule has 1 heterocycles. The third kappa shape index (κ3) is 3.38. The minimum atomic E-state index is -0.207. The van der Waals surface area contributed by atoms with E-state index >= 15 is 0 Å². The average Bonchev–Trinajstić information content (AvgIpc) is 2.69. The van der Waals surface area contributed by atoms with Crippen LogP contribution in [0.1, 0.15) is 25.7 Å². The fourth-order valence-electron chi connectivity index (χ4n) is 1.20. The van der Waals surface area contributed by atoms with Gasteiger partial charge in [0.1, 0.15) is 5.82 Å². The number of rotatable bonds is 4. The third-order valence-corrected chi connectivity index (χ3v) is 2.23. The number of hydrogen-bond donors (Lipinski definition) is 2. The molecular weight excluding hydrogens is 208 g/mol. The van der Waals surface area contributed by atoms with Crippen LogP contribution >= 0.6 is 0 Å². The molecule has 1 aromatic heterocycles. The third-order valence-electron chi connectivity index (χ3n) is 2.23. The Morgan fingerprint density at radius 2 is 2.31 bits per heavy atom. The Hall–Kier alpha value is -1.85. The summed E-state index contributed by atoms with van der Waals surface area (Å²) in [6.45, 7) is 3.30.